The molecule has 4 nitrogen and oxygen atoms in total. The smallest absolute Gasteiger partial charge is 0.408 e. The molecule has 0 spiro atoms. The van der Waals surface area contributed by atoms with Crippen molar-refractivity contribution in [3.63, 3.8) is 0 Å². The van der Waals surface area contributed by atoms with E-state index in [2.05, 4.69) is 5.32 Å². The molecular formula is C22H33NO3. The van der Waals surface area contributed by atoms with Gasteiger partial charge >= 0.3 is 6.09 Å². The average molecular weight is 360 g/mol. The second kappa shape index (κ2) is 10.1. The SMILES string of the molecule is CC[C@H](C)[C@H](NC(=O)OC(C)(C)C)C(=O)[C@@H](C)C/C=C/c1ccccc1. The fourth-order valence-electron chi connectivity index (χ4n) is 2.56. The standard InChI is InChI=1S/C22H33NO3/c1-7-16(2)19(23-21(25)26-22(4,5)6)20(24)17(3)12-11-15-18-13-9-8-10-14-18/h8-11,13-17,19H,7,12H2,1-6H3,(H,23,25)/b15-11+/t16-,17-,19-/m0/s1. The Morgan fingerprint density at radius 3 is 2.31 bits per heavy atom. The second-order valence-electron chi connectivity index (χ2n) is 7.86. The van der Waals surface area contributed by atoms with E-state index in [-0.39, 0.29) is 17.6 Å². The van der Waals surface area contributed by atoms with Gasteiger partial charge in [0.05, 0.1) is 6.04 Å². The van der Waals surface area contributed by atoms with Crippen LogP contribution in [0, 0.1) is 11.8 Å². The first-order valence-electron chi connectivity index (χ1n) is 9.39. The molecule has 1 aromatic carbocycles. The first kappa shape index (κ1) is 21.9. The minimum Gasteiger partial charge on any atom is -0.444 e. The van der Waals surface area contributed by atoms with E-state index in [9.17, 15) is 9.59 Å². The Labute approximate surface area is 158 Å². The molecule has 0 saturated heterocycles. The molecule has 3 atom stereocenters. The average Bonchev–Trinajstić information content (AvgIpc) is 2.57. The summed E-state index contributed by atoms with van der Waals surface area (Å²) in [4.78, 5) is 25.0. The lowest BCUT2D eigenvalue weighted by atomic mass is 9.88. The van der Waals surface area contributed by atoms with Gasteiger partial charge in [-0.3, -0.25) is 4.79 Å². The quantitative estimate of drug-likeness (QED) is 0.691. The van der Waals surface area contributed by atoms with E-state index in [0.717, 1.165) is 12.0 Å². The molecule has 0 bridgehead atoms. The number of carbonyl (C=O) groups excluding carboxylic acids is 2. The molecule has 1 aromatic rings. The fraction of sp³-hybridized carbons (Fsp3) is 0.545. The number of Topliss-reactive ketones (excluding diaryl/α,β-unsaturated/α-hetero) is 1. The van der Waals surface area contributed by atoms with Crippen molar-refractivity contribution in [1.82, 2.24) is 5.32 Å². The number of ether oxygens (including phenoxy) is 1. The summed E-state index contributed by atoms with van der Waals surface area (Å²) in [6.45, 7) is 11.3. The third kappa shape index (κ3) is 7.85. The minimum atomic E-state index is -0.586. The Bertz CT molecular complexity index is 602. The van der Waals surface area contributed by atoms with Crippen LogP contribution in [-0.4, -0.2) is 23.5 Å². The van der Waals surface area contributed by atoms with Crippen LogP contribution >= 0.6 is 0 Å². The van der Waals surface area contributed by atoms with Gasteiger partial charge in [-0.1, -0.05) is 69.7 Å². The van der Waals surface area contributed by atoms with Gasteiger partial charge in [-0.05, 0) is 38.7 Å². The van der Waals surface area contributed by atoms with E-state index >= 15 is 0 Å². The molecule has 0 heterocycles. The molecule has 0 saturated carbocycles. The van der Waals surface area contributed by atoms with E-state index in [0.29, 0.717) is 6.42 Å². The van der Waals surface area contributed by atoms with Gasteiger partial charge in [0, 0.05) is 5.92 Å². The van der Waals surface area contributed by atoms with Crippen molar-refractivity contribution in [3.8, 4) is 0 Å². The van der Waals surface area contributed by atoms with Crippen molar-refractivity contribution in [2.45, 2.75) is 66.0 Å². The number of amides is 1. The lowest BCUT2D eigenvalue weighted by Gasteiger charge is -2.27. The van der Waals surface area contributed by atoms with Crippen LogP contribution in [0.4, 0.5) is 4.79 Å². The van der Waals surface area contributed by atoms with E-state index < -0.39 is 17.7 Å². The molecule has 0 aliphatic rings. The monoisotopic (exact) mass is 359 g/mol. The zero-order valence-corrected chi connectivity index (χ0v) is 16.9. The largest absolute Gasteiger partial charge is 0.444 e. The predicted molar refractivity (Wildman–Crippen MR) is 107 cm³/mol. The number of ketones is 1. The third-order valence-corrected chi connectivity index (χ3v) is 4.28. The molecule has 0 aliphatic carbocycles. The molecule has 0 aliphatic heterocycles. The molecule has 0 fully saturated rings. The minimum absolute atomic E-state index is 0.0444. The first-order chi connectivity index (χ1) is 12.1. The van der Waals surface area contributed by atoms with Crippen molar-refractivity contribution in [2.24, 2.45) is 11.8 Å². The summed E-state index contributed by atoms with van der Waals surface area (Å²) >= 11 is 0. The summed E-state index contributed by atoms with van der Waals surface area (Å²) in [5.41, 5.74) is 0.523. The van der Waals surface area contributed by atoms with Crippen molar-refractivity contribution in [1.29, 1.82) is 0 Å². The van der Waals surface area contributed by atoms with Crippen LogP contribution in [0.15, 0.2) is 36.4 Å². The molecular weight excluding hydrogens is 326 g/mol. The third-order valence-electron chi connectivity index (χ3n) is 4.28. The number of allylic oxidation sites excluding steroid dienone is 1. The van der Waals surface area contributed by atoms with Gasteiger partial charge in [-0.2, -0.15) is 0 Å². The summed E-state index contributed by atoms with van der Waals surface area (Å²) in [6.07, 6.45) is 4.93. The van der Waals surface area contributed by atoms with Gasteiger partial charge in [0.25, 0.3) is 0 Å². The molecule has 0 radical (unpaired) electrons. The maximum Gasteiger partial charge on any atom is 0.408 e. The van der Waals surface area contributed by atoms with Crippen molar-refractivity contribution < 1.29 is 14.3 Å². The Kier molecular flexibility index (Phi) is 8.56. The second-order valence-corrected chi connectivity index (χ2v) is 7.86. The Morgan fingerprint density at radius 2 is 1.77 bits per heavy atom. The van der Waals surface area contributed by atoms with E-state index in [4.69, 9.17) is 4.74 Å². The summed E-state index contributed by atoms with van der Waals surface area (Å²) < 4.78 is 5.32. The van der Waals surface area contributed by atoms with Crippen LogP contribution in [0.25, 0.3) is 6.08 Å². The number of carbonyl (C=O) groups is 2. The van der Waals surface area contributed by atoms with Crippen molar-refractivity contribution >= 4 is 18.0 Å². The summed E-state index contributed by atoms with van der Waals surface area (Å²) in [6, 6.07) is 9.46. The van der Waals surface area contributed by atoms with Crippen LogP contribution in [-0.2, 0) is 9.53 Å². The Morgan fingerprint density at radius 1 is 1.15 bits per heavy atom. The van der Waals surface area contributed by atoms with Crippen LogP contribution in [0.1, 0.15) is 59.9 Å². The van der Waals surface area contributed by atoms with E-state index in [1.165, 1.54) is 0 Å². The maximum atomic E-state index is 12.9. The highest BCUT2D eigenvalue weighted by molar-refractivity contribution is 5.89. The number of hydrogen-bond donors (Lipinski definition) is 1. The maximum absolute atomic E-state index is 12.9. The van der Waals surface area contributed by atoms with Crippen LogP contribution < -0.4 is 5.32 Å². The molecule has 1 N–H and O–H groups in total. The highest BCUT2D eigenvalue weighted by atomic mass is 16.6. The summed E-state index contributed by atoms with van der Waals surface area (Å²) in [7, 11) is 0. The number of benzene rings is 1. The molecule has 1 rings (SSSR count). The number of alkyl carbamates (subject to hydrolysis) is 1. The topological polar surface area (TPSA) is 55.4 Å². The highest BCUT2D eigenvalue weighted by Crippen LogP contribution is 2.17. The van der Waals surface area contributed by atoms with Crippen molar-refractivity contribution in [3.05, 3.63) is 42.0 Å². The number of hydrogen-bond acceptors (Lipinski definition) is 3. The van der Waals surface area contributed by atoms with Gasteiger partial charge in [0.15, 0.2) is 5.78 Å². The normalized spacial score (nSPS) is 15.3. The fourth-order valence-corrected chi connectivity index (χ4v) is 2.56. The lowest BCUT2D eigenvalue weighted by Crippen LogP contribution is -2.48. The van der Waals surface area contributed by atoms with Crippen LogP contribution in [0.3, 0.4) is 0 Å². The van der Waals surface area contributed by atoms with E-state index in [1.54, 1.807) is 0 Å². The summed E-state index contributed by atoms with van der Waals surface area (Å²) in [5.74, 6) is -0.0811. The molecule has 0 unspecified atom stereocenters. The molecule has 4 heteroatoms. The molecule has 26 heavy (non-hydrogen) atoms. The molecule has 144 valence electrons. The number of rotatable bonds is 8. The summed E-state index contributed by atoms with van der Waals surface area (Å²) in [5, 5.41) is 2.78. The van der Waals surface area contributed by atoms with Gasteiger partial charge in [0.2, 0.25) is 0 Å². The lowest BCUT2D eigenvalue weighted by molar-refractivity contribution is -0.125. The molecule has 0 aromatic heterocycles. The van der Waals surface area contributed by atoms with Gasteiger partial charge < -0.3 is 10.1 Å². The van der Waals surface area contributed by atoms with Crippen LogP contribution in [0.5, 0.6) is 0 Å². The van der Waals surface area contributed by atoms with Gasteiger partial charge in [-0.25, -0.2) is 4.79 Å². The zero-order valence-electron chi connectivity index (χ0n) is 16.9. The van der Waals surface area contributed by atoms with Crippen molar-refractivity contribution in [2.75, 3.05) is 0 Å². The number of nitrogens with one attached hydrogen (secondary N) is 1. The zero-order chi connectivity index (χ0) is 19.7. The van der Waals surface area contributed by atoms with Gasteiger partial charge in [-0.15, -0.1) is 0 Å². The Hall–Kier alpha value is -2.10. The Balaban J connectivity index is 2.71. The molecule has 1 amide bonds. The predicted octanol–water partition coefficient (Wildman–Crippen LogP) is 5.23. The highest BCUT2D eigenvalue weighted by Gasteiger charge is 2.30. The first-order valence-corrected chi connectivity index (χ1v) is 9.39. The van der Waals surface area contributed by atoms with Gasteiger partial charge in [0.1, 0.15) is 5.60 Å². The van der Waals surface area contributed by atoms with Crippen LogP contribution in [0.2, 0.25) is 0 Å². The van der Waals surface area contributed by atoms with E-state index in [1.807, 2.05) is 84.0 Å².